The molecule has 0 aliphatic carbocycles. The van der Waals surface area contributed by atoms with Crippen LogP contribution < -0.4 is 5.32 Å². The van der Waals surface area contributed by atoms with Gasteiger partial charge in [-0.1, -0.05) is 29.3 Å². The Hall–Kier alpha value is 0.0200. The summed E-state index contributed by atoms with van der Waals surface area (Å²) < 4.78 is 1.24. The summed E-state index contributed by atoms with van der Waals surface area (Å²) in [4.78, 5) is 0. The predicted octanol–water partition coefficient (Wildman–Crippen LogP) is 2.24. The van der Waals surface area contributed by atoms with Crippen LogP contribution in [0.5, 0.6) is 0 Å². The molecule has 0 saturated heterocycles. The molecular formula is C6H12BrN. The van der Waals surface area contributed by atoms with Gasteiger partial charge >= 0.3 is 0 Å². The molecule has 0 aliphatic rings. The quantitative estimate of drug-likeness (QED) is 0.698. The SMILES string of the molecule is CCCC(Br)=CNC. The van der Waals surface area contributed by atoms with Gasteiger partial charge in [-0.15, -0.1) is 0 Å². The minimum atomic E-state index is 1.13. The van der Waals surface area contributed by atoms with Crippen LogP contribution in [0.15, 0.2) is 10.7 Å². The van der Waals surface area contributed by atoms with Crippen LogP contribution >= 0.6 is 15.9 Å². The topological polar surface area (TPSA) is 12.0 Å². The number of hydrogen-bond acceptors (Lipinski definition) is 1. The summed E-state index contributed by atoms with van der Waals surface area (Å²) in [5.41, 5.74) is 0. The molecule has 1 N–H and O–H groups in total. The second-order valence-electron chi connectivity index (χ2n) is 1.63. The van der Waals surface area contributed by atoms with Crippen molar-refractivity contribution < 1.29 is 0 Å². The molecule has 0 amide bonds. The fourth-order valence-corrected chi connectivity index (χ4v) is 1.09. The first kappa shape index (κ1) is 8.02. The van der Waals surface area contributed by atoms with Crippen molar-refractivity contribution in [3.8, 4) is 0 Å². The summed E-state index contributed by atoms with van der Waals surface area (Å²) in [6.07, 6.45) is 4.28. The van der Waals surface area contributed by atoms with E-state index in [1.807, 2.05) is 13.2 Å². The Bertz CT molecular complexity index is 78.6. The van der Waals surface area contributed by atoms with Gasteiger partial charge in [-0.25, -0.2) is 0 Å². The molecule has 2 heteroatoms. The van der Waals surface area contributed by atoms with Crippen molar-refractivity contribution in [1.82, 2.24) is 5.32 Å². The monoisotopic (exact) mass is 177 g/mol. The predicted molar refractivity (Wildman–Crippen MR) is 41.0 cm³/mol. The van der Waals surface area contributed by atoms with Crippen molar-refractivity contribution >= 4 is 15.9 Å². The lowest BCUT2D eigenvalue weighted by Gasteiger charge is -1.92. The molecule has 0 bridgehead atoms. The highest BCUT2D eigenvalue weighted by atomic mass is 79.9. The van der Waals surface area contributed by atoms with Gasteiger partial charge in [0.05, 0.1) is 0 Å². The van der Waals surface area contributed by atoms with E-state index in [0.717, 1.165) is 6.42 Å². The van der Waals surface area contributed by atoms with E-state index in [4.69, 9.17) is 0 Å². The van der Waals surface area contributed by atoms with E-state index in [-0.39, 0.29) is 0 Å². The zero-order valence-electron chi connectivity index (χ0n) is 5.37. The second kappa shape index (κ2) is 5.16. The van der Waals surface area contributed by atoms with Gasteiger partial charge in [-0.2, -0.15) is 0 Å². The van der Waals surface area contributed by atoms with Crippen molar-refractivity contribution in [2.75, 3.05) is 7.05 Å². The molecule has 0 aromatic carbocycles. The van der Waals surface area contributed by atoms with Crippen molar-refractivity contribution in [1.29, 1.82) is 0 Å². The first-order chi connectivity index (χ1) is 3.81. The van der Waals surface area contributed by atoms with E-state index in [2.05, 4.69) is 28.2 Å². The van der Waals surface area contributed by atoms with Gasteiger partial charge in [0.1, 0.15) is 0 Å². The van der Waals surface area contributed by atoms with Crippen LogP contribution in [0.2, 0.25) is 0 Å². The van der Waals surface area contributed by atoms with E-state index in [1.54, 1.807) is 0 Å². The van der Waals surface area contributed by atoms with Crippen molar-refractivity contribution in [3.63, 3.8) is 0 Å². The fourth-order valence-electron chi connectivity index (χ4n) is 0.468. The lowest BCUT2D eigenvalue weighted by atomic mass is 10.3. The number of allylic oxidation sites excluding steroid dienone is 1. The highest BCUT2D eigenvalue weighted by Gasteiger charge is 1.84. The van der Waals surface area contributed by atoms with E-state index in [9.17, 15) is 0 Å². The van der Waals surface area contributed by atoms with Crippen LogP contribution in [0.4, 0.5) is 0 Å². The second-order valence-corrected chi connectivity index (χ2v) is 2.65. The Labute approximate surface area is 59.3 Å². The summed E-state index contributed by atoms with van der Waals surface area (Å²) in [6, 6.07) is 0. The summed E-state index contributed by atoms with van der Waals surface area (Å²) in [5, 5.41) is 2.94. The average Bonchev–Trinajstić information content (AvgIpc) is 1.68. The standard InChI is InChI=1S/C6H12BrN/c1-3-4-6(7)5-8-2/h5,8H,3-4H2,1-2H3. The molecule has 0 aliphatic heterocycles. The fraction of sp³-hybridized carbons (Fsp3) is 0.667. The first-order valence-corrected chi connectivity index (χ1v) is 3.62. The molecule has 0 aromatic rings. The molecule has 0 fully saturated rings. The number of nitrogens with one attached hydrogen (secondary N) is 1. The minimum absolute atomic E-state index is 1.13. The summed E-state index contributed by atoms with van der Waals surface area (Å²) in [6.45, 7) is 2.16. The number of halogens is 1. The van der Waals surface area contributed by atoms with Crippen LogP contribution in [0.3, 0.4) is 0 Å². The van der Waals surface area contributed by atoms with Crippen LogP contribution in [-0.2, 0) is 0 Å². The lowest BCUT2D eigenvalue weighted by molar-refractivity contribution is 0.934. The molecule has 48 valence electrons. The van der Waals surface area contributed by atoms with Crippen molar-refractivity contribution in [2.24, 2.45) is 0 Å². The van der Waals surface area contributed by atoms with Gasteiger partial charge < -0.3 is 5.32 Å². The molecule has 0 heterocycles. The molecular weight excluding hydrogens is 166 g/mol. The van der Waals surface area contributed by atoms with Gasteiger partial charge in [-0.3, -0.25) is 0 Å². The Morgan fingerprint density at radius 1 is 1.75 bits per heavy atom. The maximum atomic E-state index is 3.40. The van der Waals surface area contributed by atoms with Crippen LogP contribution in [0.1, 0.15) is 19.8 Å². The van der Waals surface area contributed by atoms with E-state index >= 15 is 0 Å². The zero-order chi connectivity index (χ0) is 6.41. The molecule has 0 spiro atoms. The number of hydrogen-bond donors (Lipinski definition) is 1. The zero-order valence-corrected chi connectivity index (χ0v) is 6.96. The minimum Gasteiger partial charge on any atom is -0.393 e. The number of rotatable bonds is 3. The van der Waals surface area contributed by atoms with Gasteiger partial charge in [-0.05, 0) is 6.42 Å². The Kier molecular flexibility index (Phi) is 5.18. The smallest absolute Gasteiger partial charge is 0.0107 e. The molecule has 0 radical (unpaired) electrons. The molecule has 0 saturated carbocycles. The third-order valence-corrected chi connectivity index (χ3v) is 1.42. The van der Waals surface area contributed by atoms with Crippen LogP contribution in [0.25, 0.3) is 0 Å². The lowest BCUT2D eigenvalue weighted by Crippen LogP contribution is -1.92. The molecule has 0 unspecified atom stereocenters. The molecule has 8 heavy (non-hydrogen) atoms. The normalized spacial score (nSPS) is 11.6. The first-order valence-electron chi connectivity index (χ1n) is 2.83. The summed E-state index contributed by atoms with van der Waals surface area (Å²) >= 11 is 3.40. The largest absolute Gasteiger partial charge is 0.393 e. The summed E-state index contributed by atoms with van der Waals surface area (Å²) in [5.74, 6) is 0. The molecule has 0 rings (SSSR count). The molecule has 0 aromatic heterocycles. The Morgan fingerprint density at radius 3 is 2.75 bits per heavy atom. The van der Waals surface area contributed by atoms with E-state index < -0.39 is 0 Å². The van der Waals surface area contributed by atoms with Crippen molar-refractivity contribution in [3.05, 3.63) is 10.7 Å². The van der Waals surface area contributed by atoms with Crippen LogP contribution in [-0.4, -0.2) is 7.05 Å². The van der Waals surface area contributed by atoms with Gasteiger partial charge in [0.25, 0.3) is 0 Å². The maximum Gasteiger partial charge on any atom is 0.0107 e. The Morgan fingerprint density at radius 2 is 2.38 bits per heavy atom. The van der Waals surface area contributed by atoms with E-state index in [1.165, 1.54) is 10.9 Å². The maximum absolute atomic E-state index is 3.40. The highest BCUT2D eigenvalue weighted by molar-refractivity contribution is 9.11. The van der Waals surface area contributed by atoms with Gasteiger partial charge in [0, 0.05) is 17.7 Å². The van der Waals surface area contributed by atoms with Gasteiger partial charge in [0.15, 0.2) is 0 Å². The third kappa shape index (κ3) is 4.19. The average molecular weight is 178 g/mol. The molecule has 1 nitrogen and oxygen atoms in total. The summed E-state index contributed by atoms with van der Waals surface area (Å²) in [7, 11) is 1.90. The van der Waals surface area contributed by atoms with Crippen LogP contribution in [0, 0.1) is 0 Å². The van der Waals surface area contributed by atoms with E-state index in [0.29, 0.717) is 0 Å². The van der Waals surface area contributed by atoms with Crippen molar-refractivity contribution in [2.45, 2.75) is 19.8 Å². The molecule has 0 atom stereocenters. The van der Waals surface area contributed by atoms with Gasteiger partial charge in [0.2, 0.25) is 0 Å². The third-order valence-electron chi connectivity index (χ3n) is 0.790. The highest BCUT2D eigenvalue weighted by Crippen LogP contribution is 2.09. The Balaban J connectivity index is 3.29.